The van der Waals surface area contributed by atoms with Crippen LogP contribution in [0.5, 0.6) is 0 Å². The molecular formula is C9H12N2O2S3. The number of rotatable bonds is 5. The Morgan fingerprint density at radius 3 is 2.69 bits per heavy atom. The van der Waals surface area contributed by atoms with Crippen molar-refractivity contribution < 1.29 is 8.42 Å². The molecule has 0 aromatic heterocycles. The summed E-state index contributed by atoms with van der Waals surface area (Å²) >= 11 is 6.04. The molecule has 0 atom stereocenters. The zero-order valence-electron chi connectivity index (χ0n) is 8.64. The molecule has 1 aromatic rings. The van der Waals surface area contributed by atoms with Crippen LogP contribution in [0.15, 0.2) is 29.2 Å². The normalized spacial score (nSPS) is 11.1. The molecule has 1 rings (SSSR count). The predicted octanol–water partition coefficient (Wildman–Crippen LogP) is 1.44. The third-order valence-electron chi connectivity index (χ3n) is 1.70. The van der Waals surface area contributed by atoms with Gasteiger partial charge in [0, 0.05) is 4.90 Å². The van der Waals surface area contributed by atoms with E-state index in [1.807, 2.05) is 18.4 Å². The highest BCUT2D eigenvalue weighted by atomic mass is 32.2. The predicted molar refractivity (Wildman–Crippen MR) is 72.4 cm³/mol. The first-order valence-corrected chi connectivity index (χ1v) is 7.65. The summed E-state index contributed by atoms with van der Waals surface area (Å²) in [4.78, 5) is 0.808. The number of hydrogen-bond acceptors (Lipinski definition) is 4. The van der Waals surface area contributed by atoms with E-state index in [4.69, 9.17) is 5.73 Å². The number of para-hydroxylation sites is 1. The molecule has 4 nitrogen and oxygen atoms in total. The summed E-state index contributed by atoms with van der Waals surface area (Å²) in [6.07, 6.45) is 1.88. The molecule has 1 aromatic carbocycles. The third-order valence-corrected chi connectivity index (χ3v) is 4.05. The van der Waals surface area contributed by atoms with Crippen molar-refractivity contribution in [2.45, 2.75) is 4.90 Å². The van der Waals surface area contributed by atoms with Crippen LogP contribution >= 0.6 is 24.0 Å². The van der Waals surface area contributed by atoms with Crippen molar-refractivity contribution in [1.82, 2.24) is 0 Å². The molecule has 0 unspecified atom stereocenters. The highest BCUT2D eigenvalue weighted by Gasteiger charge is 2.13. The Bertz CT molecular complexity index is 485. The van der Waals surface area contributed by atoms with Crippen molar-refractivity contribution in [1.29, 1.82) is 0 Å². The van der Waals surface area contributed by atoms with E-state index in [-0.39, 0.29) is 10.7 Å². The van der Waals surface area contributed by atoms with Gasteiger partial charge in [0.15, 0.2) is 0 Å². The van der Waals surface area contributed by atoms with Crippen LogP contribution in [0, 0.1) is 0 Å². The smallest absolute Gasteiger partial charge is 0.239 e. The highest BCUT2D eigenvalue weighted by Crippen LogP contribution is 2.25. The van der Waals surface area contributed by atoms with E-state index in [9.17, 15) is 8.42 Å². The number of nitrogens with one attached hydrogen (secondary N) is 1. The van der Waals surface area contributed by atoms with E-state index in [0.29, 0.717) is 5.69 Å². The molecule has 16 heavy (non-hydrogen) atoms. The van der Waals surface area contributed by atoms with Gasteiger partial charge in [-0.05, 0) is 18.4 Å². The summed E-state index contributed by atoms with van der Waals surface area (Å²) < 4.78 is 25.6. The molecule has 0 spiro atoms. The van der Waals surface area contributed by atoms with Crippen LogP contribution in [0.4, 0.5) is 5.69 Å². The van der Waals surface area contributed by atoms with Crippen LogP contribution in [0.2, 0.25) is 0 Å². The molecule has 88 valence electrons. The number of sulfonamides is 1. The van der Waals surface area contributed by atoms with Gasteiger partial charge in [-0.25, -0.2) is 8.42 Å². The van der Waals surface area contributed by atoms with Crippen LogP contribution < -0.4 is 10.5 Å². The number of benzene rings is 1. The number of thioether (sulfide) groups is 1. The maximum Gasteiger partial charge on any atom is 0.239 e. The summed E-state index contributed by atoms with van der Waals surface area (Å²) in [5, 5.41) is 0. The molecule has 0 fully saturated rings. The molecule has 0 radical (unpaired) electrons. The van der Waals surface area contributed by atoms with Crippen LogP contribution in [-0.2, 0) is 10.0 Å². The highest BCUT2D eigenvalue weighted by molar-refractivity contribution is 7.99. The van der Waals surface area contributed by atoms with Crippen molar-refractivity contribution in [3.63, 3.8) is 0 Å². The van der Waals surface area contributed by atoms with Gasteiger partial charge >= 0.3 is 0 Å². The Hall–Kier alpha value is -0.790. The minimum atomic E-state index is -3.50. The fourth-order valence-corrected chi connectivity index (χ4v) is 3.16. The van der Waals surface area contributed by atoms with Gasteiger partial charge in [-0.15, -0.1) is 11.8 Å². The third kappa shape index (κ3) is 3.99. The number of anilines is 1. The van der Waals surface area contributed by atoms with Crippen LogP contribution in [0.1, 0.15) is 0 Å². The molecule has 0 aliphatic heterocycles. The molecule has 0 aliphatic carbocycles. The Morgan fingerprint density at radius 1 is 1.50 bits per heavy atom. The zero-order valence-corrected chi connectivity index (χ0v) is 11.1. The molecule has 0 aliphatic rings. The largest absolute Gasteiger partial charge is 0.392 e. The van der Waals surface area contributed by atoms with Crippen LogP contribution in [-0.4, -0.2) is 25.4 Å². The van der Waals surface area contributed by atoms with Crippen molar-refractivity contribution in [2.75, 3.05) is 16.7 Å². The fourth-order valence-electron chi connectivity index (χ4n) is 1.12. The van der Waals surface area contributed by atoms with Gasteiger partial charge in [0.05, 0.1) is 10.7 Å². The standard InChI is InChI=1S/C9H12N2O2S3/c1-15-8-5-3-2-4-7(8)11-16(12,13)6-9(10)14/h2-5,11H,6H2,1H3,(H2,10,14). The van der Waals surface area contributed by atoms with Gasteiger partial charge in [0.2, 0.25) is 10.0 Å². The lowest BCUT2D eigenvalue weighted by atomic mass is 10.3. The lowest BCUT2D eigenvalue weighted by molar-refractivity contribution is 0.605. The van der Waals surface area contributed by atoms with Gasteiger partial charge in [0.1, 0.15) is 5.75 Å². The van der Waals surface area contributed by atoms with Crippen LogP contribution in [0.25, 0.3) is 0 Å². The second-order valence-electron chi connectivity index (χ2n) is 3.03. The first kappa shape index (κ1) is 13.3. The Kier molecular flexibility index (Phi) is 4.57. The van der Waals surface area contributed by atoms with E-state index < -0.39 is 10.0 Å². The molecule has 0 amide bonds. The maximum absolute atomic E-state index is 11.6. The fraction of sp³-hybridized carbons (Fsp3) is 0.222. The Labute approximate surface area is 105 Å². The lowest BCUT2D eigenvalue weighted by Gasteiger charge is -2.10. The molecule has 0 saturated heterocycles. The maximum atomic E-state index is 11.6. The van der Waals surface area contributed by atoms with E-state index >= 15 is 0 Å². The first-order valence-electron chi connectivity index (χ1n) is 4.36. The average Bonchev–Trinajstić information content (AvgIpc) is 2.15. The molecule has 7 heteroatoms. The summed E-state index contributed by atoms with van der Waals surface area (Å²) in [6, 6.07) is 7.14. The van der Waals surface area contributed by atoms with Crippen molar-refractivity contribution in [3.8, 4) is 0 Å². The minimum absolute atomic E-state index is 0.0471. The Balaban J connectivity index is 2.92. The SMILES string of the molecule is CSc1ccccc1NS(=O)(=O)CC(N)=S. The molecule has 3 N–H and O–H groups in total. The van der Waals surface area contributed by atoms with Gasteiger partial charge in [-0.1, -0.05) is 24.4 Å². The number of thiocarbonyl (C=S) groups is 1. The molecule has 0 heterocycles. The molecular weight excluding hydrogens is 264 g/mol. The lowest BCUT2D eigenvalue weighted by Crippen LogP contribution is -2.26. The average molecular weight is 276 g/mol. The van der Waals surface area contributed by atoms with Crippen molar-refractivity contribution in [2.24, 2.45) is 5.73 Å². The number of hydrogen-bond donors (Lipinski definition) is 2. The van der Waals surface area contributed by atoms with Gasteiger partial charge in [0.25, 0.3) is 0 Å². The zero-order chi connectivity index (χ0) is 12.2. The topological polar surface area (TPSA) is 72.2 Å². The second kappa shape index (κ2) is 5.51. The van der Waals surface area contributed by atoms with Crippen molar-refractivity contribution >= 4 is 44.7 Å². The van der Waals surface area contributed by atoms with E-state index in [1.165, 1.54) is 11.8 Å². The van der Waals surface area contributed by atoms with Gasteiger partial charge in [-0.2, -0.15) is 0 Å². The first-order chi connectivity index (χ1) is 7.44. The molecule has 0 saturated carbocycles. The van der Waals surface area contributed by atoms with E-state index in [0.717, 1.165) is 4.90 Å². The van der Waals surface area contributed by atoms with E-state index in [2.05, 4.69) is 16.9 Å². The summed E-state index contributed by atoms with van der Waals surface area (Å²) in [5.74, 6) is -0.342. The van der Waals surface area contributed by atoms with Crippen molar-refractivity contribution in [3.05, 3.63) is 24.3 Å². The quantitative estimate of drug-likeness (QED) is 0.629. The summed E-state index contributed by atoms with van der Waals surface area (Å²) in [6.45, 7) is 0. The summed E-state index contributed by atoms with van der Waals surface area (Å²) in [5.41, 5.74) is 5.76. The number of nitrogens with two attached hydrogens (primary N) is 1. The van der Waals surface area contributed by atoms with Gasteiger partial charge in [-0.3, -0.25) is 4.72 Å². The Morgan fingerprint density at radius 2 is 2.12 bits per heavy atom. The monoisotopic (exact) mass is 276 g/mol. The minimum Gasteiger partial charge on any atom is -0.392 e. The van der Waals surface area contributed by atoms with Gasteiger partial charge < -0.3 is 5.73 Å². The van der Waals surface area contributed by atoms with E-state index in [1.54, 1.807) is 12.1 Å². The van der Waals surface area contributed by atoms with Crippen LogP contribution in [0.3, 0.4) is 0 Å². The summed E-state index contributed by atoms with van der Waals surface area (Å²) in [7, 11) is -3.50. The second-order valence-corrected chi connectivity index (χ2v) is 6.12. The molecule has 0 bridgehead atoms.